The van der Waals surface area contributed by atoms with Crippen LogP contribution in [0, 0.1) is 5.92 Å². The normalized spacial score (nSPS) is 15.1. The van der Waals surface area contributed by atoms with Gasteiger partial charge in [-0.15, -0.1) is 12.4 Å². The van der Waals surface area contributed by atoms with Gasteiger partial charge in [0.05, 0.1) is 12.5 Å². The number of halogens is 1. The zero-order valence-corrected chi connectivity index (χ0v) is 6.47. The number of aliphatic hydroxyl groups excluding tert-OH is 1. The van der Waals surface area contributed by atoms with Crippen LogP contribution in [0.4, 0.5) is 0 Å². The third-order valence-corrected chi connectivity index (χ3v) is 1.15. The maximum absolute atomic E-state index is 10.1. The second kappa shape index (κ2) is 5.46. The van der Waals surface area contributed by atoms with E-state index >= 15 is 0 Å². The smallest absolute Gasteiger partial charge is 0.310 e. The molecule has 4 nitrogen and oxygen atoms in total. The molecular formula is C5H12ClNO3. The molecule has 0 aromatic heterocycles. The van der Waals surface area contributed by atoms with Crippen molar-refractivity contribution in [1.29, 1.82) is 0 Å². The van der Waals surface area contributed by atoms with Gasteiger partial charge in [0.15, 0.2) is 0 Å². The molecule has 0 aromatic rings. The molecule has 0 amide bonds. The van der Waals surface area contributed by atoms with Crippen molar-refractivity contribution in [2.75, 3.05) is 6.61 Å². The van der Waals surface area contributed by atoms with Crippen LogP contribution in [-0.2, 0) is 4.79 Å². The molecule has 0 aliphatic heterocycles. The number of carboxylic acids is 1. The van der Waals surface area contributed by atoms with Crippen molar-refractivity contribution in [3.8, 4) is 0 Å². The fourth-order valence-corrected chi connectivity index (χ4v) is 0.469. The lowest BCUT2D eigenvalue weighted by Gasteiger charge is -2.11. The van der Waals surface area contributed by atoms with Gasteiger partial charge in [-0.25, -0.2) is 0 Å². The summed E-state index contributed by atoms with van der Waals surface area (Å²) < 4.78 is 0. The van der Waals surface area contributed by atoms with Crippen LogP contribution in [0.1, 0.15) is 6.92 Å². The summed E-state index contributed by atoms with van der Waals surface area (Å²) in [4.78, 5) is 10.1. The van der Waals surface area contributed by atoms with Gasteiger partial charge in [0.25, 0.3) is 0 Å². The Morgan fingerprint density at radius 2 is 2.10 bits per heavy atom. The van der Waals surface area contributed by atoms with Crippen LogP contribution < -0.4 is 5.73 Å². The Morgan fingerprint density at radius 1 is 1.70 bits per heavy atom. The first-order valence-corrected chi connectivity index (χ1v) is 2.68. The molecule has 0 rings (SSSR count). The Hall–Kier alpha value is -0.320. The molecule has 0 saturated heterocycles. The maximum Gasteiger partial charge on any atom is 0.310 e. The topological polar surface area (TPSA) is 83.5 Å². The summed E-state index contributed by atoms with van der Waals surface area (Å²) in [6.07, 6.45) is 0. The van der Waals surface area contributed by atoms with Crippen LogP contribution in [0.25, 0.3) is 0 Å². The van der Waals surface area contributed by atoms with Crippen LogP contribution in [0.3, 0.4) is 0 Å². The number of nitrogens with two attached hydrogens (primary N) is 1. The van der Waals surface area contributed by atoms with Gasteiger partial charge in [-0.2, -0.15) is 0 Å². The largest absolute Gasteiger partial charge is 0.481 e. The summed E-state index contributed by atoms with van der Waals surface area (Å²) in [5.41, 5.74) is 5.21. The van der Waals surface area contributed by atoms with Crippen LogP contribution in [0.15, 0.2) is 0 Å². The molecule has 62 valence electrons. The minimum Gasteiger partial charge on any atom is -0.481 e. The van der Waals surface area contributed by atoms with E-state index in [1.165, 1.54) is 0 Å². The van der Waals surface area contributed by atoms with E-state index in [9.17, 15) is 4.79 Å². The third-order valence-electron chi connectivity index (χ3n) is 1.15. The maximum atomic E-state index is 10.1. The van der Waals surface area contributed by atoms with Crippen molar-refractivity contribution < 1.29 is 15.0 Å². The first kappa shape index (κ1) is 12.4. The van der Waals surface area contributed by atoms with E-state index in [0.717, 1.165) is 0 Å². The van der Waals surface area contributed by atoms with Crippen molar-refractivity contribution in [1.82, 2.24) is 0 Å². The molecule has 0 heterocycles. The standard InChI is InChI=1S/C5H11NO3.ClH/c1-3(6)4(2-7)5(8)9;/h3-4,7H,2,6H2,1H3,(H,8,9);1H/t3?,4-;/m0./s1. The number of hydrogen-bond acceptors (Lipinski definition) is 3. The van der Waals surface area contributed by atoms with Gasteiger partial charge in [-0.1, -0.05) is 0 Å². The molecule has 0 aliphatic carbocycles. The van der Waals surface area contributed by atoms with Crippen molar-refractivity contribution in [2.24, 2.45) is 11.7 Å². The molecule has 2 atom stereocenters. The van der Waals surface area contributed by atoms with Crippen molar-refractivity contribution in [3.05, 3.63) is 0 Å². The Kier molecular flexibility index (Phi) is 6.76. The number of carbonyl (C=O) groups is 1. The highest BCUT2D eigenvalue weighted by atomic mass is 35.5. The Labute approximate surface area is 65.4 Å². The molecule has 0 fully saturated rings. The zero-order valence-electron chi connectivity index (χ0n) is 5.65. The molecular weight excluding hydrogens is 158 g/mol. The summed E-state index contributed by atoms with van der Waals surface area (Å²) in [6, 6.07) is -0.493. The fourth-order valence-electron chi connectivity index (χ4n) is 0.469. The quantitative estimate of drug-likeness (QED) is 0.529. The van der Waals surface area contributed by atoms with Gasteiger partial charge in [0.2, 0.25) is 0 Å². The first-order valence-electron chi connectivity index (χ1n) is 2.68. The second-order valence-corrected chi connectivity index (χ2v) is 1.99. The van der Waals surface area contributed by atoms with Crippen molar-refractivity contribution in [2.45, 2.75) is 13.0 Å². The van der Waals surface area contributed by atoms with E-state index in [2.05, 4.69) is 0 Å². The predicted octanol–water partition coefficient (Wildman–Crippen LogP) is -0.551. The molecule has 1 unspecified atom stereocenters. The van der Waals surface area contributed by atoms with E-state index in [1.54, 1.807) is 6.92 Å². The van der Waals surface area contributed by atoms with Gasteiger partial charge < -0.3 is 15.9 Å². The average molecular weight is 170 g/mol. The number of rotatable bonds is 3. The summed E-state index contributed by atoms with van der Waals surface area (Å²) in [5, 5.41) is 16.7. The van der Waals surface area contributed by atoms with Gasteiger partial charge in [-0.05, 0) is 6.92 Å². The average Bonchev–Trinajstić information content (AvgIpc) is 1.64. The SMILES string of the molecule is CC(N)[C@H](CO)C(=O)O.Cl. The Morgan fingerprint density at radius 3 is 2.10 bits per heavy atom. The van der Waals surface area contributed by atoms with Crippen molar-refractivity contribution >= 4 is 18.4 Å². The summed E-state index contributed by atoms with van der Waals surface area (Å²) in [5.74, 6) is -1.88. The van der Waals surface area contributed by atoms with Crippen molar-refractivity contribution in [3.63, 3.8) is 0 Å². The zero-order chi connectivity index (χ0) is 7.44. The van der Waals surface area contributed by atoms with Gasteiger partial charge in [0.1, 0.15) is 0 Å². The monoisotopic (exact) mass is 169 g/mol. The van der Waals surface area contributed by atoms with Crippen LogP contribution in [0.2, 0.25) is 0 Å². The number of carboxylic acid groups (broad SMARTS) is 1. The lowest BCUT2D eigenvalue weighted by Crippen LogP contribution is -2.35. The molecule has 5 heteroatoms. The van der Waals surface area contributed by atoms with Crippen LogP contribution >= 0.6 is 12.4 Å². The molecule has 0 saturated carbocycles. The highest BCUT2D eigenvalue weighted by Crippen LogP contribution is 1.98. The lowest BCUT2D eigenvalue weighted by molar-refractivity contribution is -0.143. The molecule has 0 bridgehead atoms. The fraction of sp³-hybridized carbons (Fsp3) is 0.800. The number of aliphatic carboxylic acids is 1. The van der Waals surface area contributed by atoms with Crippen LogP contribution in [0.5, 0.6) is 0 Å². The molecule has 4 N–H and O–H groups in total. The second-order valence-electron chi connectivity index (χ2n) is 1.99. The molecule has 0 spiro atoms. The number of aliphatic hydroxyl groups is 1. The third kappa shape index (κ3) is 3.66. The predicted molar refractivity (Wildman–Crippen MR) is 39.1 cm³/mol. The minimum atomic E-state index is -1.05. The van der Waals surface area contributed by atoms with E-state index < -0.39 is 24.5 Å². The highest BCUT2D eigenvalue weighted by molar-refractivity contribution is 5.85. The highest BCUT2D eigenvalue weighted by Gasteiger charge is 2.19. The van der Waals surface area contributed by atoms with Gasteiger partial charge in [-0.3, -0.25) is 4.79 Å². The Balaban J connectivity index is 0. The molecule has 0 aliphatic rings. The molecule has 0 radical (unpaired) electrons. The first-order chi connectivity index (χ1) is 4.09. The summed E-state index contributed by atoms with van der Waals surface area (Å²) in [7, 11) is 0. The van der Waals surface area contributed by atoms with E-state index in [4.69, 9.17) is 15.9 Å². The summed E-state index contributed by atoms with van der Waals surface area (Å²) >= 11 is 0. The van der Waals surface area contributed by atoms with E-state index in [0.29, 0.717) is 0 Å². The summed E-state index contributed by atoms with van der Waals surface area (Å²) in [6.45, 7) is 1.15. The lowest BCUT2D eigenvalue weighted by atomic mass is 10.0. The van der Waals surface area contributed by atoms with Crippen LogP contribution in [-0.4, -0.2) is 28.8 Å². The minimum absolute atomic E-state index is 0. The number of hydrogen-bond donors (Lipinski definition) is 3. The van der Waals surface area contributed by atoms with Gasteiger partial charge >= 0.3 is 5.97 Å². The van der Waals surface area contributed by atoms with E-state index in [-0.39, 0.29) is 12.4 Å². The molecule has 10 heavy (non-hydrogen) atoms. The molecule has 0 aromatic carbocycles. The Bertz CT molecular complexity index is 107. The van der Waals surface area contributed by atoms with Gasteiger partial charge in [0, 0.05) is 6.04 Å². The van der Waals surface area contributed by atoms with E-state index in [1.807, 2.05) is 0 Å².